The molecule has 3 aromatic heterocycles. The molecule has 5 aromatic rings. The number of aromatic nitrogens is 3. The molecule has 6 rings (SSSR count). The molecule has 0 saturated carbocycles. The maximum Gasteiger partial charge on any atom is 0.320 e. The van der Waals surface area contributed by atoms with Crippen molar-refractivity contribution < 1.29 is 27.6 Å². The minimum Gasteiger partial charge on any atom is -0.468 e. The smallest absolute Gasteiger partial charge is 0.320 e. The fraction of sp³-hybridized carbons (Fsp3) is 0.212. The Morgan fingerprint density at radius 1 is 1.04 bits per heavy atom. The first-order valence-electron chi connectivity index (χ1n) is 14.7. The van der Waals surface area contributed by atoms with Crippen molar-refractivity contribution in [2.75, 3.05) is 18.9 Å². The summed E-state index contributed by atoms with van der Waals surface area (Å²) >= 11 is 0. The van der Waals surface area contributed by atoms with Crippen molar-refractivity contribution in [3.8, 4) is 16.9 Å². The Bertz CT molecular complexity index is 1990. The average Bonchev–Trinajstić information content (AvgIpc) is 3.80. The van der Waals surface area contributed by atoms with Crippen LogP contribution in [0.3, 0.4) is 0 Å². The normalized spacial score (nSPS) is 16.3. The molecule has 0 radical (unpaired) electrons. The largest absolute Gasteiger partial charge is 0.468 e. The second-order valence-corrected chi connectivity index (χ2v) is 11.0. The zero-order chi connectivity index (χ0) is 33.2. The topological polar surface area (TPSA) is 136 Å². The summed E-state index contributed by atoms with van der Waals surface area (Å²) in [5, 5.41) is 14.7. The average molecular weight is 644 g/mol. The Kier molecular flexibility index (Phi) is 8.70. The highest BCUT2D eigenvalue weighted by Gasteiger charge is 2.37. The molecular weight excluding hydrogens is 612 g/mol. The number of nitrogens with one attached hydrogen (secondary N) is 3. The maximum atomic E-state index is 14.2. The van der Waals surface area contributed by atoms with Crippen molar-refractivity contribution in [1.29, 1.82) is 0 Å². The number of anilines is 1. The van der Waals surface area contributed by atoms with Crippen molar-refractivity contribution in [2.45, 2.75) is 25.6 Å². The number of furan rings is 1. The van der Waals surface area contributed by atoms with Gasteiger partial charge in [0.2, 0.25) is 0 Å². The predicted molar refractivity (Wildman–Crippen MR) is 168 cm³/mol. The number of hydroxylamine groups is 2. The number of amides is 3. The number of nitrogens with zero attached hydrogens (tertiary/aromatic N) is 4. The maximum absolute atomic E-state index is 14.2. The van der Waals surface area contributed by atoms with Gasteiger partial charge in [-0.3, -0.25) is 19.7 Å². The molecular formula is C33H31F2N7O5. The number of benzene rings is 2. The lowest BCUT2D eigenvalue weighted by atomic mass is 10.0. The lowest BCUT2D eigenvalue weighted by Gasteiger charge is -2.20. The number of halogens is 2. The molecule has 14 heteroatoms. The summed E-state index contributed by atoms with van der Waals surface area (Å²) in [6.07, 6.45) is 2.26. The van der Waals surface area contributed by atoms with Crippen LogP contribution >= 0.6 is 0 Å². The van der Waals surface area contributed by atoms with E-state index in [1.54, 1.807) is 35.0 Å². The molecule has 0 spiro atoms. The Morgan fingerprint density at radius 3 is 2.53 bits per heavy atom. The predicted octanol–water partition coefficient (Wildman–Crippen LogP) is 4.46. The van der Waals surface area contributed by atoms with Crippen LogP contribution in [0.25, 0.3) is 16.9 Å². The van der Waals surface area contributed by atoms with Gasteiger partial charge in [0.25, 0.3) is 11.5 Å². The van der Waals surface area contributed by atoms with E-state index < -0.39 is 41.3 Å². The van der Waals surface area contributed by atoms with Gasteiger partial charge in [0.15, 0.2) is 11.6 Å². The van der Waals surface area contributed by atoms with Crippen LogP contribution in [0.5, 0.6) is 0 Å². The molecule has 0 aliphatic carbocycles. The highest BCUT2D eigenvalue weighted by molar-refractivity contribution is 5.95. The van der Waals surface area contributed by atoms with Crippen molar-refractivity contribution in [3.05, 3.63) is 124 Å². The molecule has 1 aliphatic heterocycles. The number of hydrogen-bond acceptors (Lipinski definition) is 7. The van der Waals surface area contributed by atoms with Crippen LogP contribution in [0.15, 0.2) is 88.4 Å². The Hall–Kier alpha value is -5.60. The number of pyridine rings is 1. The molecule has 47 heavy (non-hydrogen) atoms. The van der Waals surface area contributed by atoms with E-state index in [0.717, 1.165) is 12.1 Å². The van der Waals surface area contributed by atoms with Crippen molar-refractivity contribution in [1.82, 2.24) is 30.0 Å². The molecule has 1 aliphatic rings. The second-order valence-electron chi connectivity index (χ2n) is 11.0. The molecule has 242 valence electrons. The Labute approximate surface area is 267 Å². The summed E-state index contributed by atoms with van der Waals surface area (Å²) in [6, 6.07) is 16.3. The van der Waals surface area contributed by atoms with Crippen LogP contribution in [0.4, 0.5) is 19.4 Å². The van der Waals surface area contributed by atoms with Crippen LogP contribution < -0.4 is 21.5 Å². The molecule has 2 aromatic carbocycles. The molecule has 2 atom stereocenters. The van der Waals surface area contributed by atoms with E-state index in [2.05, 4.69) is 16.0 Å². The highest BCUT2D eigenvalue weighted by atomic mass is 19.2. The highest BCUT2D eigenvalue weighted by Crippen LogP contribution is 2.33. The SMILES string of the molecule is CNC(=O)c1cc(-c2nn(-c3ccccc3)c(NC(=O)N[C@@H]3CN(Cc4ccco4)O[C@H]3c3ccc(F)c(F)c3)c2C)cn(C)c1=O. The van der Waals surface area contributed by atoms with E-state index in [1.165, 1.54) is 37.1 Å². The Balaban J connectivity index is 1.33. The zero-order valence-electron chi connectivity index (χ0n) is 25.7. The van der Waals surface area contributed by atoms with E-state index in [9.17, 15) is 23.2 Å². The number of aryl methyl sites for hydroxylation is 1. The second kappa shape index (κ2) is 13.0. The van der Waals surface area contributed by atoms with Gasteiger partial charge in [-0.2, -0.15) is 10.2 Å². The molecule has 0 bridgehead atoms. The molecule has 4 heterocycles. The van der Waals surface area contributed by atoms with Gasteiger partial charge in [-0.1, -0.05) is 24.3 Å². The van der Waals surface area contributed by atoms with E-state index in [4.69, 9.17) is 14.4 Å². The van der Waals surface area contributed by atoms with Gasteiger partial charge in [0, 0.05) is 38.0 Å². The third-order valence-electron chi connectivity index (χ3n) is 7.81. The summed E-state index contributed by atoms with van der Waals surface area (Å²) in [4.78, 5) is 44.9. The van der Waals surface area contributed by atoms with Crippen LogP contribution in [-0.2, 0) is 18.4 Å². The molecule has 0 unspecified atom stereocenters. The minimum absolute atomic E-state index is 0.0583. The van der Waals surface area contributed by atoms with Gasteiger partial charge in [0.1, 0.15) is 23.2 Å². The molecule has 1 fully saturated rings. The summed E-state index contributed by atoms with van der Waals surface area (Å²) in [5.74, 6) is -1.63. The first kappa shape index (κ1) is 31.4. The van der Waals surface area contributed by atoms with Gasteiger partial charge >= 0.3 is 6.03 Å². The molecule has 12 nitrogen and oxygen atoms in total. The van der Waals surface area contributed by atoms with E-state index >= 15 is 0 Å². The standard InChI is InChI=1S/C33H31F2N7O5/c1-19-28(21-14-24(31(43)36-2)32(44)40(3)16-21)39-42(22-8-5-4-6-9-22)30(19)38-33(45)37-27-18-41(17-23-10-7-13-46-23)47-29(27)20-11-12-25(34)26(35)15-20/h4-16,27,29H,17-18H2,1-3H3,(H,36,43)(H2,37,38,45)/t27-,29+/m1/s1. The minimum atomic E-state index is -1.04. The fourth-order valence-corrected chi connectivity index (χ4v) is 5.50. The number of para-hydroxylation sites is 1. The number of hydrogen-bond donors (Lipinski definition) is 3. The monoisotopic (exact) mass is 643 g/mol. The van der Waals surface area contributed by atoms with Crippen molar-refractivity contribution in [2.24, 2.45) is 7.05 Å². The summed E-state index contributed by atoms with van der Waals surface area (Å²) < 4.78 is 36.3. The van der Waals surface area contributed by atoms with Gasteiger partial charge in [-0.15, -0.1) is 0 Å². The third-order valence-corrected chi connectivity index (χ3v) is 7.81. The number of urea groups is 1. The quantitative estimate of drug-likeness (QED) is 0.227. The zero-order valence-corrected chi connectivity index (χ0v) is 25.7. The van der Waals surface area contributed by atoms with Crippen molar-refractivity contribution >= 4 is 17.8 Å². The van der Waals surface area contributed by atoms with E-state index in [1.807, 2.05) is 30.3 Å². The van der Waals surface area contributed by atoms with Crippen LogP contribution in [-0.4, -0.2) is 51.0 Å². The van der Waals surface area contributed by atoms with E-state index in [-0.39, 0.29) is 18.7 Å². The van der Waals surface area contributed by atoms with Crippen molar-refractivity contribution in [3.63, 3.8) is 0 Å². The van der Waals surface area contributed by atoms with Crippen LogP contribution in [0.1, 0.15) is 33.3 Å². The molecule has 3 N–H and O–H groups in total. The number of carbonyl (C=O) groups is 2. The Morgan fingerprint density at radius 2 is 1.83 bits per heavy atom. The third kappa shape index (κ3) is 6.41. The van der Waals surface area contributed by atoms with Crippen LogP contribution in [0.2, 0.25) is 0 Å². The van der Waals surface area contributed by atoms with Gasteiger partial charge < -0.3 is 19.6 Å². The van der Waals surface area contributed by atoms with E-state index in [0.29, 0.717) is 39.6 Å². The number of rotatable bonds is 8. The molecule has 3 amide bonds. The fourth-order valence-electron chi connectivity index (χ4n) is 5.50. The van der Waals surface area contributed by atoms with Crippen LogP contribution in [0, 0.1) is 18.6 Å². The summed E-state index contributed by atoms with van der Waals surface area (Å²) in [7, 11) is 2.98. The molecule has 1 saturated heterocycles. The summed E-state index contributed by atoms with van der Waals surface area (Å²) in [5.41, 5.74) is 1.92. The van der Waals surface area contributed by atoms with Gasteiger partial charge in [0.05, 0.1) is 30.2 Å². The first-order valence-corrected chi connectivity index (χ1v) is 14.7. The van der Waals surface area contributed by atoms with Gasteiger partial charge in [-0.05, 0) is 55.0 Å². The summed E-state index contributed by atoms with van der Waals surface area (Å²) in [6.45, 7) is 2.23. The first-order chi connectivity index (χ1) is 22.6. The van der Waals surface area contributed by atoms with Gasteiger partial charge in [-0.25, -0.2) is 18.3 Å². The lowest BCUT2D eigenvalue weighted by Crippen LogP contribution is -2.42. The lowest BCUT2D eigenvalue weighted by molar-refractivity contribution is -0.157. The number of carbonyl (C=O) groups excluding carboxylic acids is 2.